The number of aromatic nitrogens is 2. The Labute approximate surface area is 186 Å². The standard InChI is InChI=1S/C26H24N2O4/c1-17-9-12-19(13-10-17)28-25(27-21-8-6-5-7-20(21)26(28)29)14-11-18-15-23(31-3)24(32-4)16-22(18)30-2/h5-16H,1-4H3. The molecule has 0 radical (unpaired) electrons. The summed E-state index contributed by atoms with van der Waals surface area (Å²) in [4.78, 5) is 18.1. The van der Waals surface area contributed by atoms with Gasteiger partial charge in [-0.2, -0.15) is 0 Å². The lowest BCUT2D eigenvalue weighted by molar-refractivity contribution is 0.348. The Hall–Kier alpha value is -4.06. The molecule has 0 spiro atoms. The SMILES string of the molecule is COc1cc(OC)c(OC)cc1C=Cc1nc2ccccc2c(=O)n1-c1ccc(C)cc1. The second kappa shape index (κ2) is 8.98. The third kappa shape index (κ3) is 3.95. The van der Waals surface area contributed by atoms with E-state index in [1.54, 1.807) is 44.1 Å². The summed E-state index contributed by atoms with van der Waals surface area (Å²) in [5.74, 6) is 2.27. The maximum absolute atomic E-state index is 13.4. The molecule has 32 heavy (non-hydrogen) atoms. The Kier molecular flexibility index (Phi) is 5.94. The van der Waals surface area contributed by atoms with Crippen molar-refractivity contribution in [2.24, 2.45) is 0 Å². The van der Waals surface area contributed by atoms with Gasteiger partial charge in [0.25, 0.3) is 5.56 Å². The minimum Gasteiger partial charge on any atom is -0.496 e. The van der Waals surface area contributed by atoms with Crippen LogP contribution in [0.4, 0.5) is 0 Å². The smallest absolute Gasteiger partial charge is 0.266 e. The fourth-order valence-corrected chi connectivity index (χ4v) is 3.55. The highest BCUT2D eigenvalue weighted by molar-refractivity contribution is 5.80. The monoisotopic (exact) mass is 428 g/mol. The molecule has 0 bridgehead atoms. The lowest BCUT2D eigenvalue weighted by Crippen LogP contribution is -2.22. The van der Waals surface area contributed by atoms with E-state index in [-0.39, 0.29) is 5.56 Å². The molecule has 3 aromatic carbocycles. The molecule has 0 fully saturated rings. The molecule has 1 heterocycles. The third-order valence-corrected chi connectivity index (χ3v) is 5.24. The maximum atomic E-state index is 13.4. The number of fused-ring (bicyclic) bond motifs is 1. The van der Waals surface area contributed by atoms with Crippen LogP contribution in [0.25, 0.3) is 28.7 Å². The third-order valence-electron chi connectivity index (χ3n) is 5.24. The normalized spacial score (nSPS) is 11.1. The number of benzene rings is 3. The van der Waals surface area contributed by atoms with Gasteiger partial charge in [-0.3, -0.25) is 9.36 Å². The Morgan fingerprint density at radius 2 is 1.47 bits per heavy atom. The fourth-order valence-electron chi connectivity index (χ4n) is 3.55. The van der Waals surface area contributed by atoms with E-state index in [2.05, 4.69) is 0 Å². The van der Waals surface area contributed by atoms with Gasteiger partial charge < -0.3 is 14.2 Å². The van der Waals surface area contributed by atoms with Crippen molar-refractivity contribution in [3.05, 3.63) is 88.0 Å². The van der Waals surface area contributed by atoms with Crippen LogP contribution < -0.4 is 19.8 Å². The summed E-state index contributed by atoms with van der Waals surface area (Å²) in [6.07, 6.45) is 3.65. The summed E-state index contributed by atoms with van der Waals surface area (Å²) < 4.78 is 17.9. The van der Waals surface area contributed by atoms with E-state index in [9.17, 15) is 4.79 Å². The highest BCUT2D eigenvalue weighted by Crippen LogP contribution is 2.35. The molecular formula is C26H24N2O4. The molecule has 4 aromatic rings. The van der Waals surface area contributed by atoms with Crippen LogP contribution in [-0.4, -0.2) is 30.9 Å². The lowest BCUT2D eigenvalue weighted by Gasteiger charge is -2.13. The number of para-hydroxylation sites is 1. The molecule has 6 heteroatoms. The summed E-state index contributed by atoms with van der Waals surface area (Å²) in [7, 11) is 4.75. The van der Waals surface area contributed by atoms with Gasteiger partial charge in [0, 0.05) is 11.6 Å². The van der Waals surface area contributed by atoms with E-state index in [0.717, 1.165) is 16.8 Å². The Morgan fingerprint density at radius 3 is 2.16 bits per heavy atom. The predicted octanol–water partition coefficient (Wildman–Crippen LogP) is 4.89. The molecule has 0 aliphatic carbocycles. The van der Waals surface area contributed by atoms with Gasteiger partial charge in [0.15, 0.2) is 11.5 Å². The number of rotatable bonds is 6. The van der Waals surface area contributed by atoms with Gasteiger partial charge in [-0.05, 0) is 49.4 Å². The Morgan fingerprint density at radius 1 is 0.812 bits per heavy atom. The van der Waals surface area contributed by atoms with Gasteiger partial charge in [-0.25, -0.2) is 4.98 Å². The fraction of sp³-hybridized carbons (Fsp3) is 0.154. The quantitative estimate of drug-likeness (QED) is 0.438. The molecule has 0 aliphatic rings. The van der Waals surface area contributed by atoms with Crippen LogP contribution in [0.1, 0.15) is 17.0 Å². The van der Waals surface area contributed by atoms with E-state index in [4.69, 9.17) is 19.2 Å². The van der Waals surface area contributed by atoms with Gasteiger partial charge in [-0.1, -0.05) is 29.8 Å². The van der Waals surface area contributed by atoms with Crippen molar-refractivity contribution in [1.29, 1.82) is 0 Å². The maximum Gasteiger partial charge on any atom is 0.266 e. The molecule has 0 saturated heterocycles. The van der Waals surface area contributed by atoms with Crippen LogP contribution >= 0.6 is 0 Å². The highest BCUT2D eigenvalue weighted by atomic mass is 16.5. The van der Waals surface area contributed by atoms with E-state index in [1.807, 2.05) is 61.5 Å². The topological polar surface area (TPSA) is 62.6 Å². The molecule has 4 rings (SSSR count). The molecule has 0 amide bonds. The van der Waals surface area contributed by atoms with Crippen LogP contribution in [0.2, 0.25) is 0 Å². The van der Waals surface area contributed by atoms with Crippen LogP contribution in [0.5, 0.6) is 17.2 Å². The van der Waals surface area contributed by atoms with Crippen LogP contribution in [0, 0.1) is 6.92 Å². The summed E-state index contributed by atoms with van der Waals surface area (Å²) >= 11 is 0. The molecule has 0 aliphatic heterocycles. The molecule has 1 aromatic heterocycles. The van der Waals surface area contributed by atoms with E-state index in [1.165, 1.54) is 0 Å². The van der Waals surface area contributed by atoms with Gasteiger partial charge in [0.2, 0.25) is 0 Å². The molecule has 0 unspecified atom stereocenters. The zero-order valence-electron chi connectivity index (χ0n) is 18.5. The van der Waals surface area contributed by atoms with Gasteiger partial charge >= 0.3 is 0 Å². The van der Waals surface area contributed by atoms with Crippen molar-refractivity contribution in [2.45, 2.75) is 6.92 Å². The Balaban J connectivity index is 1.91. The highest BCUT2D eigenvalue weighted by Gasteiger charge is 2.13. The number of ether oxygens (including phenoxy) is 3. The molecule has 0 atom stereocenters. The average molecular weight is 428 g/mol. The molecular weight excluding hydrogens is 404 g/mol. The molecule has 0 N–H and O–H groups in total. The summed E-state index contributed by atoms with van der Waals surface area (Å²) in [6, 6.07) is 18.7. The summed E-state index contributed by atoms with van der Waals surface area (Å²) in [5.41, 5.74) is 3.14. The molecule has 6 nitrogen and oxygen atoms in total. The van der Waals surface area contributed by atoms with Crippen molar-refractivity contribution >= 4 is 23.1 Å². The van der Waals surface area contributed by atoms with Crippen molar-refractivity contribution in [3.8, 4) is 22.9 Å². The Bertz CT molecular complexity index is 1360. The first-order chi connectivity index (χ1) is 15.5. The summed E-state index contributed by atoms with van der Waals surface area (Å²) in [6.45, 7) is 2.01. The van der Waals surface area contributed by atoms with Crippen molar-refractivity contribution in [2.75, 3.05) is 21.3 Å². The molecule has 162 valence electrons. The number of nitrogens with zero attached hydrogens (tertiary/aromatic N) is 2. The lowest BCUT2D eigenvalue weighted by atomic mass is 10.1. The number of hydrogen-bond acceptors (Lipinski definition) is 5. The minimum absolute atomic E-state index is 0.127. The largest absolute Gasteiger partial charge is 0.496 e. The van der Waals surface area contributed by atoms with Crippen LogP contribution in [0.15, 0.2) is 65.5 Å². The van der Waals surface area contributed by atoms with Crippen molar-refractivity contribution in [1.82, 2.24) is 9.55 Å². The number of hydrogen-bond donors (Lipinski definition) is 0. The minimum atomic E-state index is -0.127. The first kappa shape index (κ1) is 21.2. The van der Waals surface area contributed by atoms with E-state index < -0.39 is 0 Å². The zero-order valence-corrected chi connectivity index (χ0v) is 18.5. The van der Waals surface area contributed by atoms with Gasteiger partial charge in [-0.15, -0.1) is 0 Å². The second-order valence-corrected chi connectivity index (χ2v) is 7.25. The zero-order chi connectivity index (χ0) is 22.7. The molecule has 0 saturated carbocycles. The van der Waals surface area contributed by atoms with Gasteiger partial charge in [0.1, 0.15) is 11.6 Å². The first-order valence-corrected chi connectivity index (χ1v) is 10.1. The second-order valence-electron chi connectivity index (χ2n) is 7.25. The van der Waals surface area contributed by atoms with Crippen molar-refractivity contribution in [3.63, 3.8) is 0 Å². The van der Waals surface area contributed by atoms with Crippen LogP contribution in [0.3, 0.4) is 0 Å². The predicted molar refractivity (Wildman–Crippen MR) is 127 cm³/mol. The van der Waals surface area contributed by atoms with E-state index >= 15 is 0 Å². The summed E-state index contributed by atoms with van der Waals surface area (Å²) in [5, 5.41) is 0.564. The average Bonchev–Trinajstić information content (AvgIpc) is 2.83. The van der Waals surface area contributed by atoms with Crippen LogP contribution in [-0.2, 0) is 0 Å². The van der Waals surface area contributed by atoms with Crippen molar-refractivity contribution < 1.29 is 14.2 Å². The number of aryl methyl sites for hydroxylation is 1. The van der Waals surface area contributed by atoms with Gasteiger partial charge in [0.05, 0.1) is 37.9 Å². The first-order valence-electron chi connectivity index (χ1n) is 10.1. The number of methoxy groups -OCH3 is 3. The van der Waals surface area contributed by atoms with E-state index in [0.29, 0.717) is 34.0 Å².